The van der Waals surface area contributed by atoms with Crippen LogP contribution in [0.25, 0.3) is 10.2 Å². The van der Waals surface area contributed by atoms with Crippen LogP contribution in [-0.4, -0.2) is 31.7 Å². The van der Waals surface area contributed by atoms with Crippen LogP contribution in [0.1, 0.15) is 12.8 Å². The Morgan fingerprint density at radius 3 is 2.94 bits per heavy atom. The summed E-state index contributed by atoms with van der Waals surface area (Å²) in [6.45, 7) is 0.917. The van der Waals surface area contributed by atoms with Gasteiger partial charge in [-0.2, -0.15) is 0 Å². The zero-order valence-electron chi connectivity index (χ0n) is 9.80. The van der Waals surface area contributed by atoms with Gasteiger partial charge in [0.15, 0.2) is 0 Å². The molecule has 0 radical (unpaired) electrons. The molecule has 3 rings (SSSR count). The third kappa shape index (κ3) is 2.28. The minimum atomic E-state index is -3.26. The molecule has 1 atom stereocenters. The number of nitrogens with zero attached hydrogens (tertiary/aromatic N) is 1. The number of fused-ring (bicyclic) bond motifs is 1. The highest BCUT2D eigenvalue weighted by molar-refractivity contribution is 7.93. The van der Waals surface area contributed by atoms with Gasteiger partial charge >= 0.3 is 0 Å². The van der Waals surface area contributed by atoms with Gasteiger partial charge in [0.2, 0.25) is 14.2 Å². The Labute approximate surface area is 110 Å². The maximum Gasteiger partial charge on any atom is 0.210 e. The first-order valence-corrected chi connectivity index (χ1v) is 8.44. The predicted molar refractivity (Wildman–Crippen MR) is 72.7 cm³/mol. The number of benzene rings is 1. The van der Waals surface area contributed by atoms with Crippen molar-refractivity contribution in [2.24, 2.45) is 0 Å². The van der Waals surface area contributed by atoms with Gasteiger partial charge in [-0.05, 0) is 31.5 Å². The summed E-state index contributed by atoms with van der Waals surface area (Å²) in [6, 6.07) is 7.60. The molecule has 1 unspecified atom stereocenters. The van der Waals surface area contributed by atoms with Crippen molar-refractivity contribution in [2.75, 3.05) is 12.3 Å². The molecule has 0 spiro atoms. The number of sulfone groups is 1. The van der Waals surface area contributed by atoms with Gasteiger partial charge in [0.05, 0.1) is 16.0 Å². The molecule has 1 saturated heterocycles. The summed E-state index contributed by atoms with van der Waals surface area (Å²) in [5.41, 5.74) is 0.764. The van der Waals surface area contributed by atoms with Gasteiger partial charge in [0.1, 0.15) is 0 Å². The first kappa shape index (κ1) is 12.1. The van der Waals surface area contributed by atoms with Crippen LogP contribution < -0.4 is 5.32 Å². The van der Waals surface area contributed by atoms with Crippen LogP contribution in [0.4, 0.5) is 0 Å². The van der Waals surface area contributed by atoms with E-state index < -0.39 is 9.84 Å². The van der Waals surface area contributed by atoms with Crippen molar-refractivity contribution < 1.29 is 8.42 Å². The highest BCUT2D eigenvalue weighted by atomic mass is 32.2. The summed E-state index contributed by atoms with van der Waals surface area (Å²) >= 11 is 1.26. The average molecular weight is 282 g/mol. The standard InChI is InChI=1S/C12H14N2O2S2/c15-18(16,8-9-4-3-7-13-9)12-14-10-5-1-2-6-11(10)17-12/h1-2,5-6,9,13H,3-4,7-8H2. The third-order valence-electron chi connectivity index (χ3n) is 3.12. The van der Waals surface area contributed by atoms with E-state index in [1.807, 2.05) is 24.3 Å². The first-order chi connectivity index (χ1) is 8.65. The molecule has 0 aliphatic carbocycles. The monoisotopic (exact) mass is 282 g/mol. The van der Waals surface area contributed by atoms with Gasteiger partial charge in [0, 0.05) is 6.04 Å². The van der Waals surface area contributed by atoms with Crippen molar-refractivity contribution >= 4 is 31.4 Å². The fraction of sp³-hybridized carbons (Fsp3) is 0.417. The minimum Gasteiger partial charge on any atom is -0.313 e. The number of nitrogens with one attached hydrogen (secondary N) is 1. The molecule has 4 nitrogen and oxygen atoms in total. The van der Waals surface area contributed by atoms with Gasteiger partial charge < -0.3 is 5.32 Å². The van der Waals surface area contributed by atoms with Crippen LogP contribution in [0.2, 0.25) is 0 Å². The summed E-state index contributed by atoms with van der Waals surface area (Å²) in [5, 5.41) is 3.21. The maximum absolute atomic E-state index is 12.3. The molecule has 0 amide bonds. The molecule has 1 fully saturated rings. The van der Waals surface area contributed by atoms with Crippen LogP contribution in [0.15, 0.2) is 28.6 Å². The van der Waals surface area contributed by atoms with E-state index in [4.69, 9.17) is 0 Å². The van der Waals surface area contributed by atoms with E-state index in [-0.39, 0.29) is 16.1 Å². The molecule has 6 heteroatoms. The van der Waals surface area contributed by atoms with E-state index in [2.05, 4.69) is 10.3 Å². The Bertz CT molecular complexity index is 625. The number of aromatic nitrogens is 1. The van der Waals surface area contributed by atoms with Crippen molar-refractivity contribution in [2.45, 2.75) is 23.2 Å². The molecule has 1 aromatic heterocycles. The van der Waals surface area contributed by atoms with Crippen molar-refractivity contribution in [1.82, 2.24) is 10.3 Å². The molecule has 1 aliphatic heterocycles. The second-order valence-electron chi connectivity index (χ2n) is 4.52. The number of para-hydroxylation sites is 1. The van der Waals surface area contributed by atoms with Gasteiger partial charge in [0.25, 0.3) is 0 Å². The molecule has 2 aromatic rings. The Morgan fingerprint density at radius 1 is 1.39 bits per heavy atom. The summed E-state index contributed by atoms with van der Waals surface area (Å²) in [4.78, 5) is 4.23. The zero-order valence-corrected chi connectivity index (χ0v) is 11.4. The number of thiazole rings is 1. The van der Waals surface area contributed by atoms with Gasteiger partial charge in [-0.15, -0.1) is 11.3 Å². The largest absolute Gasteiger partial charge is 0.313 e. The first-order valence-electron chi connectivity index (χ1n) is 5.97. The van der Waals surface area contributed by atoms with Gasteiger partial charge in [-0.1, -0.05) is 12.1 Å². The van der Waals surface area contributed by atoms with Crippen LogP contribution >= 0.6 is 11.3 Å². The lowest BCUT2D eigenvalue weighted by molar-refractivity contribution is 0.576. The highest BCUT2D eigenvalue weighted by Crippen LogP contribution is 2.26. The SMILES string of the molecule is O=S(=O)(CC1CCCN1)c1nc2ccccc2s1. The Balaban J connectivity index is 1.92. The summed E-state index contributed by atoms with van der Waals surface area (Å²) < 4.78 is 25.7. The minimum absolute atomic E-state index is 0.0852. The third-order valence-corrected chi connectivity index (χ3v) is 6.43. The zero-order chi connectivity index (χ0) is 12.6. The highest BCUT2D eigenvalue weighted by Gasteiger charge is 2.26. The fourth-order valence-corrected chi connectivity index (χ4v) is 5.09. The summed E-state index contributed by atoms with van der Waals surface area (Å²) in [5.74, 6) is 0.160. The van der Waals surface area contributed by atoms with Crippen LogP contribution in [0.5, 0.6) is 0 Å². The van der Waals surface area contributed by atoms with Crippen molar-refractivity contribution in [3.05, 3.63) is 24.3 Å². The molecule has 2 heterocycles. The number of rotatable bonds is 3. The van der Waals surface area contributed by atoms with Crippen LogP contribution in [-0.2, 0) is 9.84 Å². The van der Waals surface area contributed by atoms with Gasteiger partial charge in [-0.25, -0.2) is 13.4 Å². The van der Waals surface area contributed by atoms with E-state index in [0.29, 0.717) is 0 Å². The number of hydrogen-bond donors (Lipinski definition) is 1. The van der Waals surface area contributed by atoms with Gasteiger partial charge in [-0.3, -0.25) is 0 Å². The van der Waals surface area contributed by atoms with E-state index in [0.717, 1.165) is 29.6 Å². The topological polar surface area (TPSA) is 59.1 Å². The quantitative estimate of drug-likeness (QED) is 0.933. The number of hydrogen-bond acceptors (Lipinski definition) is 5. The summed E-state index contributed by atoms with van der Waals surface area (Å²) in [6.07, 6.45) is 1.99. The lowest BCUT2D eigenvalue weighted by atomic mass is 10.3. The second kappa shape index (κ2) is 4.60. The molecule has 0 bridgehead atoms. The molecular formula is C12H14N2O2S2. The molecule has 0 saturated carbocycles. The summed E-state index contributed by atoms with van der Waals surface area (Å²) in [7, 11) is -3.26. The molecule has 1 N–H and O–H groups in total. The van der Waals surface area contributed by atoms with Crippen LogP contribution in [0, 0.1) is 0 Å². The average Bonchev–Trinajstić information content (AvgIpc) is 2.96. The Kier molecular flexibility index (Phi) is 3.09. The van der Waals surface area contributed by atoms with E-state index in [9.17, 15) is 8.42 Å². The lowest BCUT2D eigenvalue weighted by Gasteiger charge is -2.08. The van der Waals surface area contributed by atoms with Crippen molar-refractivity contribution in [3.63, 3.8) is 0 Å². The second-order valence-corrected chi connectivity index (χ2v) is 7.76. The molecule has 1 aliphatic rings. The lowest BCUT2D eigenvalue weighted by Crippen LogP contribution is -2.29. The fourth-order valence-electron chi connectivity index (χ4n) is 2.22. The Morgan fingerprint density at radius 2 is 2.22 bits per heavy atom. The molecule has 96 valence electrons. The van der Waals surface area contributed by atoms with E-state index >= 15 is 0 Å². The van der Waals surface area contributed by atoms with E-state index in [1.165, 1.54) is 11.3 Å². The van der Waals surface area contributed by atoms with Crippen LogP contribution in [0.3, 0.4) is 0 Å². The Hall–Kier alpha value is -0.980. The smallest absolute Gasteiger partial charge is 0.210 e. The predicted octanol–water partition coefficient (Wildman–Crippen LogP) is 1.82. The molecular weight excluding hydrogens is 268 g/mol. The molecule has 18 heavy (non-hydrogen) atoms. The maximum atomic E-state index is 12.3. The molecule has 1 aromatic carbocycles. The van der Waals surface area contributed by atoms with Crippen molar-refractivity contribution in [1.29, 1.82) is 0 Å². The normalized spacial score (nSPS) is 20.6. The van der Waals surface area contributed by atoms with E-state index in [1.54, 1.807) is 0 Å². The van der Waals surface area contributed by atoms with Crippen molar-refractivity contribution in [3.8, 4) is 0 Å².